The first-order chi connectivity index (χ1) is 9.13. The quantitative estimate of drug-likeness (QED) is 0.903. The molecule has 19 heavy (non-hydrogen) atoms. The smallest absolute Gasteiger partial charge is 0.272 e. The van der Waals surface area contributed by atoms with Crippen molar-refractivity contribution in [2.24, 2.45) is 5.73 Å². The minimum Gasteiger partial charge on any atom is -0.342 e. The summed E-state index contributed by atoms with van der Waals surface area (Å²) in [5, 5.41) is 3.41. The maximum Gasteiger partial charge on any atom is 0.272 e. The molecule has 1 aromatic heterocycles. The first-order valence-electron chi connectivity index (χ1n) is 6.10. The van der Waals surface area contributed by atoms with E-state index in [2.05, 4.69) is 5.32 Å². The molecule has 0 aliphatic rings. The highest BCUT2D eigenvalue weighted by atomic mass is 35.5. The molecular weight excluding hydrogens is 262 g/mol. The summed E-state index contributed by atoms with van der Waals surface area (Å²) in [6.45, 7) is 3.10. The summed E-state index contributed by atoms with van der Waals surface area (Å²) < 4.78 is 1.81. The number of aryl methyl sites for hydroxylation is 1. The van der Waals surface area contributed by atoms with Gasteiger partial charge in [0, 0.05) is 25.0 Å². The molecule has 100 valence electrons. The lowest BCUT2D eigenvalue weighted by Gasteiger charge is -2.08. The monoisotopic (exact) mass is 277 g/mol. The fraction of sp³-hybridized carbons (Fsp3) is 0.214. The van der Waals surface area contributed by atoms with Crippen molar-refractivity contribution in [3.8, 4) is 0 Å². The first kappa shape index (κ1) is 13.6. The fourth-order valence-electron chi connectivity index (χ4n) is 1.90. The number of hydrogen-bond acceptors (Lipinski definition) is 2. The third-order valence-corrected chi connectivity index (χ3v) is 3.06. The molecule has 0 unspecified atom stereocenters. The van der Waals surface area contributed by atoms with E-state index in [1.165, 1.54) is 0 Å². The van der Waals surface area contributed by atoms with Crippen LogP contribution in [0, 0.1) is 0 Å². The zero-order valence-corrected chi connectivity index (χ0v) is 11.4. The van der Waals surface area contributed by atoms with Crippen LogP contribution in [0.4, 0.5) is 5.69 Å². The Balaban J connectivity index is 2.20. The molecule has 0 saturated carbocycles. The fourth-order valence-corrected chi connectivity index (χ4v) is 2.12. The van der Waals surface area contributed by atoms with Crippen molar-refractivity contribution in [3.05, 3.63) is 52.8 Å². The molecule has 2 aromatic rings. The molecule has 1 aromatic carbocycles. The number of carbonyl (C=O) groups excluding carboxylic acids is 1. The highest BCUT2D eigenvalue weighted by molar-refractivity contribution is 6.31. The Morgan fingerprint density at radius 1 is 1.42 bits per heavy atom. The number of carbonyl (C=O) groups is 1. The average Bonchev–Trinajstić information content (AvgIpc) is 2.80. The van der Waals surface area contributed by atoms with Gasteiger partial charge in [-0.15, -0.1) is 0 Å². The van der Waals surface area contributed by atoms with E-state index in [1.54, 1.807) is 12.3 Å². The summed E-state index contributed by atoms with van der Waals surface area (Å²) in [5.74, 6) is -0.178. The maximum atomic E-state index is 12.2. The summed E-state index contributed by atoms with van der Waals surface area (Å²) in [4.78, 5) is 12.2. The molecule has 0 spiro atoms. The van der Waals surface area contributed by atoms with Crippen LogP contribution in [0.3, 0.4) is 0 Å². The number of benzene rings is 1. The van der Waals surface area contributed by atoms with Crippen molar-refractivity contribution in [2.45, 2.75) is 20.0 Å². The van der Waals surface area contributed by atoms with E-state index < -0.39 is 0 Å². The van der Waals surface area contributed by atoms with Crippen molar-refractivity contribution in [3.63, 3.8) is 0 Å². The Labute approximate surface area is 117 Å². The lowest BCUT2D eigenvalue weighted by atomic mass is 10.2. The van der Waals surface area contributed by atoms with Crippen LogP contribution < -0.4 is 11.1 Å². The van der Waals surface area contributed by atoms with Gasteiger partial charge in [-0.3, -0.25) is 4.79 Å². The van der Waals surface area contributed by atoms with Gasteiger partial charge in [0.1, 0.15) is 5.69 Å². The highest BCUT2D eigenvalue weighted by Crippen LogP contribution is 2.17. The zero-order valence-electron chi connectivity index (χ0n) is 10.7. The van der Waals surface area contributed by atoms with Gasteiger partial charge in [-0.1, -0.05) is 23.7 Å². The van der Waals surface area contributed by atoms with Crippen LogP contribution in [0.5, 0.6) is 0 Å². The molecule has 0 aliphatic heterocycles. The van der Waals surface area contributed by atoms with Crippen LogP contribution in [-0.2, 0) is 13.1 Å². The topological polar surface area (TPSA) is 60.0 Å². The molecule has 0 fully saturated rings. The van der Waals surface area contributed by atoms with Gasteiger partial charge in [0.2, 0.25) is 0 Å². The lowest BCUT2D eigenvalue weighted by molar-refractivity contribution is 0.101. The van der Waals surface area contributed by atoms with Gasteiger partial charge >= 0.3 is 0 Å². The minimum atomic E-state index is -0.178. The summed E-state index contributed by atoms with van der Waals surface area (Å²) in [7, 11) is 0. The number of amides is 1. The maximum absolute atomic E-state index is 12.2. The molecule has 1 amide bonds. The number of halogens is 1. The molecule has 0 saturated heterocycles. The SMILES string of the molecule is CCn1cc(Cl)cc1C(=O)Nc1cccc(CN)c1. The largest absolute Gasteiger partial charge is 0.342 e. The third-order valence-electron chi connectivity index (χ3n) is 2.86. The van der Waals surface area contributed by atoms with E-state index in [4.69, 9.17) is 17.3 Å². The molecule has 2 rings (SSSR count). The van der Waals surface area contributed by atoms with Crippen molar-refractivity contribution in [2.75, 3.05) is 5.32 Å². The van der Waals surface area contributed by atoms with E-state index >= 15 is 0 Å². The lowest BCUT2D eigenvalue weighted by Crippen LogP contribution is -2.16. The van der Waals surface area contributed by atoms with Gasteiger partial charge in [0.15, 0.2) is 0 Å². The molecule has 0 radical (unpaired) electrons. The van der Waals surface area contributed by atoms with Gasteiger partial charge in [-0.05, 0) is 30.7 Å². The second kappa shape index (κ2) is 5.91. The highest BCUT2D eigenvalue weighted by Gasteiger charge is 2.12. The standard InChI is InChI=1S/C14H16ClN3O/c1-2-18-9-11(15)7-13(18)14(19)17-12-5-3-4-10(6-12)8-16/h3-7,9H,2,8,16H2,1H3,(H,17,19). The van der Waals surface area contributed by atoms with Crippen LogP contribution in [-0.4, -0.2) is 10.5 Å². The number of rotatable bonds is 4. The van der Waals surface area contributed by atoms with E-state index in [9.17, 15) is 4.79 Å². The second-order valence-corrected chi connectivity index (χ2v) is 4.62. The number of hydrogen-bond donors (Lipinski definition) is 2. The van der Waals surface area contributed by atoms with E-state index in [0.717, 1.165) is 11.3 Å². The van der Waals surface area contributed by atoms with Gasteiger partial charge in [0.25, 0.3) is 5.91 Å². The van der Waals surface area contributed by atoms with E-state index in [-0.39, 0.29) is 5.91 Å². The molecule has 0 bridgehead atoms. The van der Waals surface area contributed by atoms with Crippen molar-refractivity contribution >= 4 is 23.2 Å². The summed E-state index contributed by atoms with van der Waals surface area (Å²) in [6.07, 6.45) is 1.74. The average molecular weight is 278 g/mol. The van der Waals surface area contributed by atoms with Gasteiger partial charge in [0.05, 0.1) is 5.02 Å². The van der Waals surface area contributed by atoms with Crippen LogP contribution in [0.1, 0.15) is 23.0 Å². The minimum absolute atomic E-state index is 0.178. The number of nitrogens with one attached hydrogen (secondary N) is 1. The Hall–Kier alpha value is -1.78. The van der Waals surface area contributed by atoms with E-state index in [1.807, 2.05) is 35.8 Å². The van der Waals surface area contributed by atoms with Crippen molar-refractivity contribution in [1.29, 1.82) is 0 Å². The molecule has 4 nitrogen and oxygen atoms in total. The van der Waals surface area contributed by atoms with Gasteiger partial charge in [-0.2, -0.15) is 0 Å². The normalized spacial score (nSPS) is 10.5. The summed E-state index contributed by atoms with van der Waals surface area (Å²) in [5.41, 5.74) is 7.83. The summed E-state index contributed by atoms with van der Waals surface area (Å²) >= 11 is 5.92. The van der Waals surface area contributed by atoms with Crippen LogP contribution >= 0.6 is 11.6 Å². The van der Waals surface area contributed by atoms with Gasteiger partial charge in [-0.25, -0.2) is 0 Å². The number of nitrogens with two attached hydrogens (primary N) is 1. The molecular formula is C14H16ClN3O. The van der Waals surface area contributed by atoms with Crippen LogP contribution in [0.2, 0.25) is 5.02 Å². The number of nitrogens with zero attached hydrogens (tertiary/aromatic N) is 1. The Bertz CT molecular complexity index is 592. The molecule has 5 heteroatoms. The Morgan fingerprint density at radius 2 is 2.21 bits per heavy atom. The number of anilines is 1. The molecule has 3 N–H and O–H groups in total. The van der Waals surface area contributed by atoms with Crippen molar-refractivity contribution in [1.82, 2.24) is 4.57 Å². The molecule has 1 heterocycles. The number of aromatic nitrogens is 1. The van der Waals surface area contributed by atoms with Crippen LogP contribution in [0.15, 0.2) is 36.5 Å². The Kier molecular flexibility index (Phi) is 4.24. The summed E-state index contributed by atoms with van der Waals surface area (Å²) in [6, 6.07) is 9.13. The predicted molar refractivity (Wildman–Crippen MR) is 77.4 cm³/mol. The van der Waals surface area contributed by atoms with Gasteiger partial charge < -0.3 is 15.6 Å². The molecule has 0 atom stereocenters. The Morgan fingerprint density at radius 3 is 2.89 bits per heavy atom. The van der Waals surface area contributed by atoms with Crippen molar-refractivity contribution < 1.29 is 4.79 Å². The van der Waals surface area contributed by atoms with E-state index in [0.29, 0.717) is 23.8 Å². The second-order valence-electron chi connectivity index (χ2n) is 4.19. The predicted octanol–water partition coefficient (Wildman–Crippen LogP) is 2.87. The van der Waals surface area contributed by atoms with Crippen LogP contribution in [0.25, 0.3) is 0 Å². The third kappa shape index (κ3) is 3.16. The zero-order chi connectivity index (χ0) is 13.8. The molecule has 0 aliphatic carbocycles. The first-order valence-corrected chi connectivity index (χ1v) is 6.48.